The van der Waals surface area contributed by atoms with Crippen LogP contribution in [0.4, 0.5) is 4.39 Å². The normalized spacial score (nSPS) is 22.0. The van der Waals surface area contributed by atoms with Crippen LogP contribution in [0, 0.1) is 11.7 Å². The maximum atomic E-state index is 14.3. The SMILES string of the molecule is C[C@@H](OC[C@H](O)CNC(C)(C)Cc1ccc2ccccc2c1)c1cc(F)cc2c1O[C@@H]1[C@@H](C(=O)O)[C@H]21. The van der Waals surface area contributed by atoms with Gasteiger partial charge in [-0.2, -0.15) is 0 Å². The van der Waals surface area contributed by atoms with Gasteiger partial charge in [-0.25, -0.2) is 4.39 Å². The van der Waals surface area contributed by atoms with Gasteiger partial charge in [-0.3, -0.25) is 4.79 Å². The van der Waals surface area contributed by atoms with Gasteiger partial charge in [-0.1, -0.05) is 42.5 Å². The lowest BCUT2D eigenvalue weighted by Gasteiger charge is -2.28. The lowest BCUT2D eigenvalue weighted by atomic mass is 9.93. The molecule has 36 heavy (non-hydrogen) atoms. The van der Waals surface area contributed by atoms with E-state index in [4.69, 9.17) is 9.47 Å². The van der Waals surface area contributed by atoms with Gasteiger partial charge in [0.05, 0.1) is 18.8 Å². The molecule has 0 radical (unpaired) electrons. The van der Waals surface area contributed by atoms with E-state index < -0.39 is 36.0 Å². The quantitative estimate of drug-likeness (QED) is 0.383. The Balaban J connectivity index is 1.15. The molecule has 0 unspecified atom stereocenters. The molecular formula is C29H32FNO5. The van der Waals surface area contributed by atoms with Crippen LogP contribution in [0.3, 0.4) is 0 Å². The molecule has 3 N–H and O–H groups in total. The minimum atomic E-state index is -0.926. The summed E-state index contributed by atoms with van der Waals surface area (Å²) in [4.78, 5) is 11.3. The van der Waals surface area contributed by atoms with Gasteiger partial charge in [0.25, 0.3) is 0 Å². The van der Waals surface area contributed by atoms with Crippen molar-refractivity contribution < 1.29 is 28.9 Å². The Morgan fingerprint density at radius 1 is 1.17 bits per heavy atom. The molecule has 5 rings (SSSR count). The number of carboxylic acid groups (broad SMARTS) is 1. The number of rotatable bonds is 10. The Kier molecular flexibility index (Phi) is 6.49. The van der Waals surface area contributed by atoms with E-state index in [-0.39, 0.29) is 18.1 Å². The summed E-state index contributed by atoms with van der Waals surface area (Å²) < 4.78 is 26.0. The van der Waals surface area contributed by atoms with E-state index in [1.165, 1.54) is 28.5 Å². The van der Waals surface area contributed by atoms with Gasteiger partial charge in [0, 0.05) is 29.1 Å². The van der Waals surface area contributed by atoms with E-state index in [0.717, 1.165) is 6.42 Å². The van der Waals surface area contributed by atoms with Crippen molar-refractivity contribution in [3.63, 3.8) is 0 Å². The number of aliphatic hydroxyl groups excluding tert-OH is 1. The van der Waals surface area contributed by atoms with Crippen LogP contribution in [0.25, 0.3) is 10.8 Å². The third kappa shape index (κ3) is 4.96. The van der Waals surface area contributed by atoms with Crippen molar-refractivity contribution in [2.45, 2.75) is 57.0 Å². The van der Waals surface area contributed by atoms with Crippen LogP contribution in [0.2, 0.25) is 0 Å². The van der Waals surface area contributed by atoms with E-state index in [1.54, 1.807) is 6.92 Å². The third-order valence-corrected chi connectivity index (χ3v) is 7.22. The third-order valence-electron chi connectivity index (χ3n) is 7.22. The highest BCUT2D eigenvalue weighted by Crippen LogP contribution is 2.60. The molecule has 5 atom stereocenters. The maximum absolute atomic E-state index is 14.3. The summed E-state index contributed by atoms with van der Waals surface area (Å²) in [5.74, 6) is -1.78. The van der Waals surface area contributed by atoms with Gasteiger partial charge < -0.3 is 25.0 Å². The van der Waals surface area contributed by atoms with Crippen molar-refractivity contribution in [3.8, 4) is 5.75 Å². The molecule has 0 aromatic heterocycles. The Bertz CT molecular complexity index is 1290. The molecular weight excluding hydrogens is 461 g/mol. The van der Waals surface area contributed by atoms with Crippen molar-refractivity contribution in [3.05, 3.63) is 77.1 Å². The first-order chi connectivity index (χ1) is 17.1. The smallest absolute Gasteiger partial charge is 0.311 e. The molecule has 1 aliphatic heterocycles. The standard InChI is InChI=1S/C29H32FNO5/c1-16(22-11-20(30)12-23-24-25(28(33)34)27(24)36-26(22)23)35-15-21(32)14-31-29(2,3)13-17-8-9-18-6-4-5-7-19(18)10-17/h4-12,16,21,24-25,27,31-32H,13-15H2,1-3H3,(H,33,34)/t16-,21-,24+,25+,27+/m1/s1. The summed E-state index contributed by atoms with van der Waals surface area (Å²) in [5.41, 5.74) is 2.11. The van der Waals surface area contributed by atoms with Gasteiger partial charge in [0.15, 0.2) is 0 Å². The zero-order chi connectivity index (χ0) is 25.6. The summed E-state index contributed by atoms with van der Waals surface area (Å²) in [7, 11) is 0. The molecule has 1 heterocycles. The second kappa shape index (κ2) is 9.47. The number of benzene rings is 3. The number of halogens is 1. The number of hydrogen-bond acceptors (Lipinski definition) is 5. The van der Waals surface area contributed by atoms with Crippen LogP contribution in [0.15, 0.2) is 54.6 Å². The van der Waals surface area contributed by atoms with Crippen LogP contribution < -0.4 is 10.1 Å². The molecule has 3 aromatic carbocycles. The highest BCUT2D eigenvalue weighted by atomic mass is 19.1. The van der Waals surface area contributed by atoms with E-state index in [1.807, 2.05) is 12.1 Å². The molecule has 0 bridgehead atoms. The first kappa shape index (κ1) is 24.7. The van der Waals surface area contributed by atoms with Gasteiger partial charge in [-0.05, 0) is 55.7 Å². The second-order valence-electron chi connectivity index (χ2n) is 10.6. The molecule has 0 saturated heterocycles. The first-order valence-corrected chi connectivity index (χ1v) is 12.4. The van der Waals surface area contributed by atoms with Crippen molar-refractivity contribution in [1.29, 1.82) is 0 Å². The number of carbonyl (C=O) groups is 1. The molecule has 7 heteroatoms. The summed E-state index contributed by atoms with van der Waals surface area (Å²) in [6.07, 6.45) is -0.912. The molecule has 2 aliphatic rings. The summed E-state index contributed by atoms with van der Waals surface area (Å²) >= 11 is 0. The average molecular weight is 494 g/mol. The Morgan fingerprint density at radius 2 is 1.92 bits per heavy atom. The lowest BCUT2D eigenvalue weighted by molar-refractivity contribution is -0.139. The largest absolute Gasteiger partial charge is 0.488 e. The molecule has 0 amide bonds. The molecule has 1 fully saturated rings. The number of aliphatic carboxylic acids is 1. The van der Waals surface area contributed by atoms with Gasteiger partial charge in [0.2, 0.25) is 0 Å². The van der Waals surface area contributed by atoms with Crippen molar-refractivity contribution in [1.82, 2.24) is 5.32 Å². The van der Waals surface area contributed by atoms with E-state index >= 15 is 0 Å². The molecule has 1 aliphatic carbocycles. The topological polar surface area (TPSA) is 88.0 Å². The highest BCUT2D eigenvalue weighted by molar-refractivity contribution is 5.83. The van der Waals surface area contributed by atoms with Gasteiger partial charge in [0.1, 0.15) is 23.6 Å². The fourth-order valence-corrected chi connectivity index (χ4v) is 5.27. The number of hydrogen-bond donors (Lipinski definition) is 3. The van der Waals surface area contributed by atoms with Crippen LogP contribution in [0.5, 0.6) is 5.75 Å². The fourth-order valence-electron chi connectivity index (χ4n) is 5.27. The van der Waals surface area contributed by atoms with E-state index in [2.05, 4.69) is 49.5 Å². The zero-order valence-corrected chi connectivity index (χ0v) is 20.7. The predicted octanol–water partition coefficient (Wildman–Crippen LogP) is 4.59. The number of fused-ring (bicyclic) bond motifs is 4. The highest BCUT2D eigenvalue weighted by Gasteiger charge is 2.63. The van der Waals surface area contributed by atoms with Crippen LogP contribution in [0.1, 0.15) is 49.5 Å². The monoisotopic (exact) mass is 493 g/mol. The second-order valence-corrected chi connectivity index (χ2v) is 10.6. The van der Waals surface area contributed by atoms with Crippen LogP contribution in [-0.4, -0.2) is 47.1 Å². The minimum absolute atomic E-state index is 0.0656. The van der Waals surface area contributed by atoms with Crippen LogP contribution in [-0.2, 0) is 16.0 Å². The van der Waals surface area contributed by atoms with E-state index in [0.29, 0.717) is 23.4 Å². The van der Waals surface area contributed by atoms with Crippen molar-refractivity contribution in [2.24, 2.45) is 5.92 Å². The summed E-state index contributed by atoms with van der Waals surface area (Å²) in [6.45, 7) is 6.38. The average Bonchev–Trinajstić information content (AvgIpc) is 3.44. The summed E-state index contributed by atoms with van der Waals surface area (Å²) in [5, 5.41) is 25.7. The minimum Gasteiger partial charge on any atom is -0.488 e. The van der Waals surface area contributed by atoms with Crippen molar-refractivity contribution >= 4 is 16.7 Å². The number of carboxylic acids is 1. The molecule has 0 spiro atoms. The first-order valence-electron chi connectivity index (χ1n) is 12.4. The number of ether oxygens (including phenoxy) is 2. The lowest BCUT2D eigenvalue weighted by Crippen LogP contribution is -2.46. The fraction of sp³-hybridized carbons (Fsp3) is 0.414. The molecule has 190 valence electrons. The van der Waals surface area contributed by atoms with E-state index in [9.17, 15) is 19.4 Å². The Labute approximate surface area is 210 Å². The maximum Gasteiger partial charge on any atom is 0.311 e. The Morgan fingerprint density at radius 3 is 2.67 bits per heavy atom. The number of nitrogens with one attached hydrogen (secondary N) is 1. The Hall–Kier alpha value is -3.00. The zero-order valence-electron chi connectivity index (χ0n) is 20.7. The predicted molar refractivity (Wildman–Crippen MR) is 135 cm³/mol. The molecule has 3 aromatic rings. The number of aliphatic hydroxyl groups is 1. The number of β-amino-alcohol motifs (C(OH)–C–C–N with tert-alkyl or cyclic N) is 1. The molecule has 6 nitrogen and oxygen atoms in total. The van der Waals surface area contributed by atoms with Crippen molar-refractivity contribution in [2.75, 3.05) is 13.2 Å². The van der Waals surface area contributed by atoms with Gasteiger partial charge in [-0.15, -0.1) is 0 Å². The molecule has 1 saturated carbocycles. The summed E-state index contributed by atoms with van der Waals surface area (Å²) in [6, 6.07) is 17.4. The van der Waals surface area contributed by atoms with Gasteiger partial charge >= 0.3 is 5.97 Å². The van der Waals surface area contributed by atoms with Crippen LogP contribution >= 0.6 is 0 Å².